The average Bonchev–Trinajstić information content (AvgIpc) is 3.46. The molecule has 0 aliphatic heterocycles. The molecule has 0 bridgehead atoms. The summed E-state index contributed by atoms with van der Waals surface area (Å²) < 4.78 is 55.1. The number of nitrogens with zero attached hydrogens (tertiary/aromatic N) is 3. The van der Waals surface area contributed by atoms with E-state index in [-0.39, 0.29) is 0 Å². The van der Waals surface area contributed by atoms with Crippen LogP contribution >= 0.6 is 11.3 Å². The van der Waals surface area contributed by atoms with Crippen molar-refractivity contribution in [3.05, 3.63) is 63.6 Å². The standard InChI is InChI=1S/C24H25F3N4O4S/c1-15-13-16(3-5-18(15)21-29-23(32)35-30-21)7-8-31(9-10-34-12-11-33-2)22-28-19-6-4-17(24(25,26)27)14-20(19)36-22/h3-6,13-14H,7-12H2,1-2H3,(H,29,30,32). The van der Waals surface area contributed by atoms with Crippen LogP contribution in [0.3, 0.4) is 0 Å². The van der Waals surface area contributed by atoms with E-state index in [2.05, 4.69) is 19.6 Å². The second kappa shape index (κ2) is 11.2. The number of alkyl halides is 3. The molecule has 0 unspecified atom stereocenters. The molecule has 12 heteroatoms. The molecule has 0 spiro atoms. The van der Waals surface area contributed by atoms with E-state index < -0.39 is 17.5 Å². The lowest BCUT2D eigenvalue weighted by Crippen LogP contribution is -2.30. The quantitative estimate of drug-likeness (QED) is 0.286. The molecule has 2 aromatic heterocycles. The van der Waals surface area contributed by atoms with Gasteiger partial charge in [0.2, 0.25) is 0 Å². The Balaban J connectivity index is 1.51. The number of benzene rings is 2. The Morgan fingerprint density at radius 1 is 1.11 bits per heavy atom. The summed E-state index contributed by atoms with van der Waals surface area (Å²) in [5.74, 6) is -0.249. The molecule has 0 aliphatic carbocycles. The number of hydrogen-bond donors (Lipinski definition) is 1. The monoisotopic (exact) mass is 522 g/mol. The van der Waals surface area contributed by atoms with Gasteiger partial charge in [-0.1, -0.05) is 34.7 Å². The van der Waals surface area contributed by atoms with Crippen molar-refractivity contribution < 1.29 is 27.2 Å². The van der Waals surface area contributed by atoms with E-state index in [0.29, 0.717) is 60.5 Å². The minimum atomic E-state index is -4.41. The molecular formula is C24H25F3N4O4S. The number of aromatic nitrogens is 3. The van der Waals surface area contributed by atoms with Crippen LogP contribution in [0.1, 0.15) is 16.7 Å². The number of fused-ring (bicyclic) bond motifs is 1. The Labute approximate surface area is 208 Å². The summed E-state index contributed by atoms with van der Waals surface area (Å²) in [4.78, 5) is 20.4. The zero-order chi connectivity index (χ0) is 25.7. The molecule has 0 aliphatic rings. The SMILES string of the molecule is COCCOCCN(CCc1ccc(-c2noc(=O)[nH]2)c(C)c1)c1nc2ccc(C(F)(F)F)cc2s1. The number of halogens is 3. The number of rotatable bonds is 11. The van der Waals surface area contributed by atoms with Gasteiger partial charge in [0, 0.05) is 25.8 Å². The van der Waals surface area contributed by atoms with Gasteiger partial charge in [0.05, 0.1) is 35.6 Å². The molecule has 8 nitrogen and oxygen atoms in total. The number of ether oxygens (including phenoxy) is 2. The first-order valence-electron chi connectivity index (χ1n) is 11.2. The zero-order valence-corrected chi connectivity index (χ0v) is 20.5. The molecule has 2 heterocycles. The molecule has 4 rings (SSSR count). The summed E-state index contributed by atoms with van der Waals surface area (Å²) in [5, 5.41) is 4.37. The molecule has 0 amide bonds. The number of methoxy groups -OCH3 is 1. The third-order valence-electron chi connectivity index (χ3n) is 5.57. The summed E-state index contributed by atoms with van der Waals surface area (Å²) in [7, 11) is 1.60. The number of nitrogens with one attached hydrogen (secondary N) is 1. The number of H-pyrrole nitrogens is 1. The van der Waals surface area contributed by atoms with E-state index >= 15 is 0 Å². The van der Waals surface area contributed by atoms with E-state index in [0.717, 1.165) is 28.8 Å². The predicted octanol–water partition coefficient (Wildman–Crippen LogP) is 4.68. The first-order valence-corrected chi connectivity index (χ1v) is 12.0. The minimum absolute atomic E-state index is 0.367. The molecule has 0 saturated carbocycles. The highest BCUT2D eigenvalue weighted by Crippen LogP contribution is 2.35. The minimum Gasteiger partial charge on any atom is -0.382 e. The Bertz CT molecular complexity index is 1370. The van der Waals surface area contributed by atoms with Crippen LogP contribution in [0.2, 0.25) is 0 Å². The van der Waals surface area contributed by atoms with Crippen molar-refractivity contribution in [2.45, 2.75) is 19.5 Å². The largest absolute Gasteiger partial charge is 0.439 e. The summed E-state index contributed by atoms with van der Waals surface area (Å²) >= 11 is 1.23. The van der Waals surface area contributed by atoms with Gasteiger partial charge >= 0.3 is 11.9 Å². The smallest absolute Gasteiger partial charge is 0.382 e. The molecular weight excluding hydrogens is 497 g/mol. The second-order valence-electron chi connectivity index (χ2n) is 8.11. The van der Waals surface area contributed by atoms with Crippen molar-refractivity contribution in [1.82, 2.24) is 15.1 Å². The van der Waals surface area contributed by atoms with Gasteiger partial charge in [0.25, 0.3) is 0 Å². The zero-order valence-electron chi connectivity index (χ0n) is 19.7. The third-order valence-corrected chi connectivity index (χ3v) is 6.65. The number of aryl methyl sites for hydroxylation is 1. The van der Waals surface area contributed by atoms with Crippen molar-refractivity contribution in [3.63, 3.8) is 0 Å². The maximum Gasteiger partial charge on any atom is 0.439 e. The van der Waals surface area contributed by atoms with Gasteiger partial charge in [-0.3, -0.25) is 9.51 Å². The molecule has 36 heavy (non-hydrogen) atoms. The number of hydrogen-bond acceptors (Lipinski definition) is 8. The number of thiazole rings is 1. The van der Waals surface area contributed by atoms with Gasteiger partial charge in [-0.05, 0) is 42.7 Å². The molecule has 2 aromatic carbocycles. The van der Waals surface area contributed by atoms with E-state index in [1.807, 2.05) is 30.0 Å². The van der Waals surface area contributed by atoms with E-state index in [1.165, 1.54) is 17.4 Å². The van der Waals surface area contributed by atoms with Crippen LogP contribution < -0.4 is 10.7 Å². The fraction of sp³-hybridized carbons (Fsp3) is 0.375. The van der Waals surface area contributed by atoms with Gasteiger partial charge in [-0.25, -0.2) is 9.78 Å². The Hall–Kier alpha value is -3.22. The fourth-order valence-corrected chi connectivity index (χ4v) is 4.76. The topological polar surface area (TPSA) is 93.5 Å². The first-order chi connectivity index (χ1) is 17.2. The summed E-state index contributed by atoms with van der Waals surface area (Å²) in [6.45, 7) is 4.36. The lowest BCUT2D eigenvalue weighted by Gasteiger charge is -2.22. The van der Waals surface area contributed by atoms with Gasteiger partial charge in [-0.2, -0.15) is 13.2 Å². The number of anilines is 1. The number of aromatic amines is 1. The van der Waals surface area contributed by atoms with Gasteiger partial charge in [0.15, 0.2) is 11.0 Å². The molecule has 0 saturated heterocycles. The molecule has 192 valence electrons. The average molecular weight is 523 g/mol. The van der Waals surface area contributed by atoms with E-state index in [4.69, 9.17) is 9.47 Å². The van der Waals surface area contributed by atoms with Crippen molar-refractivity contribution in [1.29, 1.82) is 0 Å². The molecule has 0 atom stereocenters. The molecule has 0 radical (unpaired) electrons. The summed E-state index contributed by atoms with van der Waals surface area (Å²) in [5.41, 5.74) is 2.57. The maximum atomic E-state index is 13.1. The van der Waals surface area contributed by atoms with Crippen LogP contribution in [0.4, 0.5) is 18.3 Å². The molecule has 1 N–H and O–H groups in total. The fourth-order valence-electron chi connectivity index (χ4n) is 3.70. The van der Waals surface area contributed by atoms with Crippen LogP contribution in [0, 0.1) is 6.92 Å². The van der Waals surface area contributed by atoms with E-state index in [1.54, 1.807) is 7.11 Å². The Morgan fingerprint density at radius 3 is 2.64 bits per heavy atom. The Morgan fingerprint density at radius 2 is 1.94 bits per heavy atom. The van der Waals surface area contributed by atoms with Crippen molar-refractivity contribution in [3.8, 4) is 11.4 Å². The van der Waals surface area contributed by atoms with Crippen LogP contribution in [0.5, 0.6) is 0 Å². The van der Waals surface area contributed by atoms with Crippen LogP contribution in [0.25, 0.3) is 21.6 Å². The molecule has 0 fully saturated rings. The second-order valence-corrected chi connectivity index (χ2v) is 9.12. The third kappa shape index (κ3) is 6.31. The maximum absolute atomic E-state index is 13.1. The highest BCUT2D eigenvalue weighted by Gasteiger charge is 2.31. The van der Waals surface area contributed by atoms with Crippen LogP contribution in [-0.4, -0.2) is 55.1 Å². The first kappa shape index (κ1) is 25.9. The lowest BCUT2D eigenvalue weighted by atomic mass is 10.0. The lowest BCUT2D eigenvalue weighted by molar-refractivity contribution is -0.137. The van der Waals surface area contributed by atoms with Gasteiger partial charge in [0.1, 0.15) is 0 Å². The van der Waals surface area contributed by atoms with Crippen molar-refractivity contribution in [2.75, 3.05) is 44.9 Å². The molecule has 4 aromatic rings. The Kier molecular flexibility index (Phi) is 8.07. The normalized spacial score (nSPS) is 11.9. The van der Waals surface area contributed by atoms with Crippen molar-refractivity contribution >= 4 is 26.7 Å². The van der Waals surface area contributed by atoms with E-state index in [9.17, 15) is 18.0 Å². The highest BCUT2D eigenvalue weighted by molar-refractivity contribution is 7.22. The highest BCUT2D eigenvalue weighted by atomic mass is 32.1. The van der Waals surface area contributed by atoms with Gasteiger partial charge in [-0.15, -0.1) is 0 Å². The van der Waals surface area contributed by atoms with Crippen LogP contribution in [-0.2, 0) is 22.1 Å². The summed E-state index contributed by atoms with van der Waals surface area (Å²) in [6, 6.07) is 9.41. The van der Waals surface area contributed by atoms with Gasteiger partial charge < -0.3 is 14.4 Å². The summed E-state index contributed by atoms with van der Waals surface area (Å²) in [6.07, 6.45) is -3.74. The van der Waals surface area contributed by atoms with Crippen LogP contribution in [0.15, 0.2) is 45.7 Å². The van der Waals surface area contributed by atoms with Crippen molar-refractivity contribution in [2.24, 2.45) is 0 Å². The predicted molar refractivity (Wildman–Crippen MR) is 131 cm³/mol.